The number of hydrogen-bond donors (Lipinski definition) is 2. The number of nitrogens with zero attached hydrogens (tertiary/aromatic N) is 1. The van der Waals surface area contributed by atoms with E-state index in [4.69, 9.17) is 9.47 Å². The lowest BCUT2D eigenvalue weighted by molar-refractivity contribution is -0.673. The molecule has 0 radical (unpaired) electrons. The number of fused-ring (bicyclic) bond motifs is 1. The van der Waals surface area contributed by atoms with Crippen molar-refractivity contribution >= 4 is 5.97 Å². The van der Waals surface area contributed by atoms with Crippen molar-refractivity contribution < 1.29 is 24.7 Å². The van der Waals surface area contributed by atoms with Crippen LogP contribution >= 0.6 is 0 Å². The second-order valence-electron chi connectivity index (χ2n) is 6.58. The topological polar surface area (TPSA) is 85.3 Å². The second-order valence-corrected chi connectivity index (χ2v) is 6.58. The molecular formula is C19H21N2O4+. The SMILES string of the molecule is O=C(O)[C@H]1C(CCc2ccccn2)[NH2+]CC1c1ccc2c(c1)OCO2. The molecule has 6 heteroatoms. The van der Waals surface area contributed by atoms with E-state index in [-0.39, 0.29) is 18.8 Å². The van der Waals surface area contributed by atoms with Gasteiger partial charge in [-0.1, -0.05) is 12.1 Å². The molecular weight excluding hydrogens is 320 g/mol. The van der Waals surface area contributed by atoms with Crippen LogP contribution in [0.1, 0.15) is 23.6 Å². The maximum Gasteiger partial charge on any atom is 0.313 e. The van der Waals surface area contributed by atoms with Crippen molar-refractivity contribution in [2.24, 2.45) is 5.92 Å². The highest BCUT2D eigenvalue weighted by atomic mass is 16.7. The molecule has 6 nitrogen and oxygen atoms in total. The summed E-state index contributed by atoms with van der Waals surface area (Å²) in [5, 5.41) is 12.0. The van der Waals surface area contributed by atoms with E-state index in [1.54, 1.807) is 6.20 Å². The summed E-state index contributed by atoms with van der Waals surface area (Å²) in [6.07, 6.45) is 3.37. The van der Waals surface area contributed by atoms with Gasteiger partial charge in [0.05, 0.1) is 12.5 Å². The lowest BCUT2D eigenvalue weighted by Gasteiger charge is -2.17. The Morgan fingerprint density at radius 1 is 1.24 bits per heavy atom. The predicted octanol–water partition coefficient (Wildman–Crippen LogP) is 1.17. The van der Waals surface area contributed by atoms with E-state index >= 15 is 0 Å². The van der Waals surface area contributed by atoms with Crippen LogP contribution in [0.2, 0.25) is 0 Å². The smallest absolute Gasteiger partial charge is 0.313 e. The Bertz CT molecular complexity index is 765. The minimum atomic E-state index is -0.734. The summed E-state index contributed by atoms with van der Waals surface area (Å²) in [6.45, 7) is 0.994. The summed E-state index contributed by atoms with van der Waals surface area (Å²) in [5.41, 5.74) is 2.01. The van der Waals surface area contributed by atoms with Gasteiger partial charge in [-0.25, -0.2) is 0 Å². The second kappa shape index (κ2) is 6.72. The van der Waals surface area contributed by atoms with Gasteiger partial charge in [0.25, 0.3) is 0 Å². The van der Waals surface area contributed by atoms with Crippen molar-refractivity contribution in [1.82, 2.24) is 4.98 Å². The first-order valence-electron chi connectivity index (χ1n) is 8.58. The standard InChI is InChI=1S/C19H20N2O4/c22-19(23)18-14(12-4-7-16-17(9-12)25-11-24-16)10-21-15(18)6-5-13-3-1-2-8-20-13/h1-4,7-9,14-15,18,21H,5-6,10-11H2,(H,22,23)/p+1/t14?,15?,18-/m1/s1. The molecule has 1 fully saturated rings. The molecule has 0 amide bonds. The van der Waals surface area contributed by atoms with Gasteiger partial charge in [0.15, 0.2) is 11.5 Å². The Kier molecular flexibility index (Phi) is 4.28. The molecule has 0 bridgehead atoms. The maximum atomic E-state index is 11.9. The van der Waals surface area contributed by atoms with Crippen molar-refractivity contribution in [3.05, 3.63) is 53.9 Å². The lowest BCUT2D eigenvalue weighted by atomic mass is 9.83. The minimum absolute atomic E-state index is 0.0271. The van der Waals surface area contributed by atoms with Gasteiger partial charge in [0.1, 0.15) is 12.0 Å². The maximum absolute atomic E-state index is 11.9. The summed E-state index contributed by atoms with van der Waals surface area (Å²) in [5.74, 6) is 0.259. The van der Waals surface area contributed by atoms with Crippen LogP contribution in [-0.4, -0.2) is 35.4 Å². The van der Waals surface area contributed by atoms with Crippen LogP contribution in [0.4, 0.5) is 0 Å². The highest BCUT2D eigenvalue weighted by molar-refractivity contribution is 5.72. The normalized spacial score (nSPS) is 24.4. The van der Waals surface area contributed by atoms with E-state index in [0.717, 1.165) is 36.4 Å². The monoisotopic (exact) mass is 341 g/mol. The Labute approximate surface area is 145 Å². The molecule has 1 aromatic carbocycles. The molecule has 2 aliphatic heterocycles. The molecule has 3 atom stereocenters. The first kappa shape index (κ1) is 15.9. The zero-order valence-electron chi connectivity index (χ0n) is 13.8. The van der Waals surface area contributed by atoms with Crippen molar-refractivity contribution in [3.63, 3.8) is 0 Å². The number of quaternary nitrogens is 1. The summed E-state index contributed by atoms with van der Waals surface area (Å²) in [7, 11) is 0. The van der Waals surface area contributed by atoms with E-state index in [0.29, 0.717) is 5.75 Å². The van der Waals surface area contributed by atoms with Gasteiger partial charge in [-0.2, -0.15) is 0 Å². The van der Waals surface area contributed by atoms with Crippen molar-refractivity contribution in [2.75, 3.05) is 13.3 Å². The molecule has 1 saturated heterocycles. The molecule has 0 aliphatic carbocycles. The number of carboxylic acids is 1. The number of rotatable bonds is 5. The van der Waals surface area contributed by atoms with Crippen molar-refractivity contribution in [1.29, 1.82) is 0 Å². The molecule has 0 spiro atoms. The summed E-state index contributed by atoms with van der Waals surface area (Å²) in [4.78, 5) is 16.3. The summed E-state index contributed by atoms with van der Waals surface area (Å²) >= 11 is 0. The minimum Gasteiger partial charge on any atom is -0.481 e. The zero-order valence-corrected chi connectivity index (χ0v) is 13.8. The number of aliphatic carboxylic acids is 1. The van der Waals surface area contributed by atoms with E-state index < -0.39 is 11.9 Å². The molecule has 2 aromatic rings. The van der Waals surface area contributed by atoms with E-state index in [2.05, 4.69) is 10.3 Å². The Morgan fingerprint density at radius 3 is 2.92 bits per heavy atom. The van der Waals surface area contributed by atoms with Crippen LogP contribution in [0.25, 0.3) is 0 Å². The quantitative estimate of drug-likeness (QED) is 0.853. The van der Waals surface area contributed by atoms with Crippen LogP contribution < -0.4 is 14.8 Å². The van der Waals surface area contributed by atoms with E-state index in [9.17, 15) is 9.90 Å². The van der Waals surface area contributed by atoms with Crippen LogP contribution in [0.3, 0.4) is 0 Å². The van der Waals surface area contributed by atoms with Gasteiger partial charge in [-0.15, -0.1) is 0 Å². The number of carboxylic acid groups (broad SMARTS) is 1. The number of aromatic nitrogens is 1. The highest BCUT2D eigenvalue weighted by Gasteiger charge is 2.45. The van der Waals surface area contributed by atoms with Gasteiger partial charge < -0.3 is 19.9 Å². The average Bonchev–Trinajstić information content (AvgIpc) is 3.26. The molecule has 2 aliphatic rings. The molecule has 4 rings (SSSR count). The van der Waals surface area contributed by atoms with E-state index in [1.807, 2.05) is 36.4 Å². The van der Waals surface area contributed by atoms with Gasteiger partial charge in [-0.3, -0.25) is 9.78 Å². The van der Waals surface area contributed by atoms with Gasteiger partial charge in [-0.05, 0) is 36.2 Å². The predicted molar refractivity (Wildman–Crippen MR) is 89.6 cm³/mol. The van der Waals surface area contributed by atoms with Crippen LogP contribution in [0.5, 0.6) is 11.5 Å². The Morgan fingerprint density at radius 2 is 2.12 bits per heavy atom. The highest BCUT2D eigenvalue weighted by Crippen LogP contribution is 2.38. The van der Waals surface area contributed by atoms with Crippen LogP contribution in [0.15, 0.2) is 42.6 Å². The van der Waals surface area contributed by atoms with Crippen LogP contribution in [0, 0.1) is 5.92 Å². The number of aryl methyl sites for hydroxylation is 1. The summed E-state index contributed by atoms with van der Waals surface area (Å²) in [6, 6.07) is 11.7. The molecule has 3 heterocycles. The third-order valence-electron chi connectivity index (χ3n) is 5.16. The Hall–Kier alpha value is -2.60. The molecule has 25 heavy (non-hydrogen) atoms. The number of hydrogen-bond acceptors (Lipinski definition) is 4. The lowest BCUT2D eigenvalue weighted by Crippen LogP contribution is -2.87. The van der Waals surface area contributed by atoms with Gasteiger partial charge in [0.2, 0.25) is 6.79 Å². The molecule has 3 N–H and O–H groups in total. The Balaban J connectivity index is 1.50. The van der Waals surface area contributed by atoms with E-state index in [1.165, 1.54) is 0 Å². The molecule has 0 saturated carbocycles. The average molecular weight is 341 g/mol. The summed E-state index contributed by atoms with van der Waals surface area (Å²) < 4.78 is 10.8. The van der Waals surface area contributed by atoms with Crippen molar-refractivity contribution in [3.8, 4) is 11.5 Å². The number of ether oxygens (including phenoxy) is 2. The fourth-order valence-electron chi connectivity index (χ4n) is 3.91. The van der Waals surface area contributed by atoms with Gasteiger partial charge >= 0.3 is 5.97 Å². The largest absolute Gasteiger partial charge is 0.481 e. The third-order valence-corrected chi connectivity index (χ3v) is 5.16. The van der Waals surface area contributed by atoms with Crippen molar-refractivity contribution in [2.45, 2.75) is 24.8 Å². The molecule has 2 unspecified atom stereocenters. The number of carbonyl (C=O) groups is 1. The van der Waals surface area contributed by atoms with Gasteiger partial charge in [0, 0.05) is 18.3 Å². The fraction of sp³-hybridized carbons (Fsp3) is 0.368. The number of pyridine rings is 1. The first-order valence-corrected chi connectivity index (χ1v) is 8.58. The third kappa shape index (κ3) is 3.17. The zero-order chi connectivity index (χ0) is 17.2. The van der Waals surface area contributed by atoms with Crippen LogP contribution in [-0.2, 0) is 11.2 Å². The molecule has 1 aromatic heterocycles. The fourth-order valence-corrected chi connectivity index (χ4v) is 3.91. The first-order chi connectivity index (χ1) is 12.2. The number of benzene rings is 1. The molecule has 130 valence electrons. The number of nitrogens with two attached hydrogens (primary N) is 1.